The Labute approximate surface area is 152 Å². The van der Waals surface area contributed by atoms with Gasteiger partial charge < -0.3 is 19.2 Å². The van der Waals surface area contributed by atoms with E-state index in [2.05, 4.69) is 69.9 Å². The Hall–Kier alpha value is -2.79. The minimum absolute atomic E-state index is 0.781. The fourth-order valence-electron chi connectivity index (χ4n) is 3.96. The largest absolute Gasteiger partial charge is 0.378 e. The molecule has 0 unspecified atom stereocenters. The van der Waals surface area contributed by atoms with Gasteiger partial charge in [0.25, 0.3) is 0 Å². The molecule has 1 aliphatic rings. The Balaban J connectivity index is 1.68. The Morgan fingerprint density at radius 3 is 2.77 bits per heavy atom. The third-order valence-electron chi connectivity index (χ3n) is 5.30. The van der Waals surface area contributed by atoms with Crippen molar-refractivity contribution in [1.82, 2.24) is 14.5 Å². The number of morpholine rings is 1. The average Bonchev–Trinajstić information content (AvgIpc) is 3.23. The van der Waals surface area contributed by atoms with Gasteiger partial charge in [0.2, 0.25) is 0 Å². The molecule has 0 spiro atoms. The molecule has 0 amide bonds. The predicted molar refractivity (Wildman–Crippen MR) is 106 cm³/mol. The quantitative estimate of drug-likeness (QED) is 0.599. The van der Waals surface area contributed by atoms with Crippen molar-refractivity contribution in [3.05, 3.63) is 48.3 Å². The second-order valence-electron chi connectivity index (χ2n) is 7.05. The van der Waals surface area contributed by atoms with Gasteiger partial charge in [-0.3, -0.25) is 0 Å². The van der Waals surface area contributed by atoms with Crippen molar-refractivity contribution in [2.45, 2.75) is 6.92 Å². The number of anilines is 1. The monoisotopic (exact) mass is 346 g/mol. The number of H-pyrrole nitrogens is 1. The van der Waals surface area contributed by atoms with Crippen LogP contribution in [0, 0.1) is 6.92 Å². The zero-order valence-electron chi connectivity index (χ0n) is 15.1. The lowest BCUT2D eigenvalue weighted by Gasteiger charge is -2.29. The molecule has 1 aliphatic heterocycles. The van der Waals surface area contributed by atoms with Crippen molar-refractivity contribution in [3.8, 4) is 11.3 Å². The molecule has 0 aliphatic carbocycles. The van der Waals surface area contributed by atoms with Crippen LogP contribution in [0.4, 0.5) is 5.69 Å². The number of nitrogens with zero attached hydrogens (tertiary/aromatic N) is 3. The van der Waals surface area contributed by atoms with Crippen LogP contribution in [0.3, 0.4) is 0 Å². The first-order chi connectivity index (χ1) is 12.7. The van der Waals surface area contributed by atoms with Gasteiger partial charge in [-0.1, -0.05) is 11.6 Å². The molecule has 132 valence electrons. The minimum atomic E-state index is 0.781. The number of benzene rings is 1. The molecule has 1 saturated heterocycles. The summed E-state index contributed by atoms with van der Waals surface area (Å²) >= 11 is 0. The highest BCUT2D eigenvalue weighted by Crippen LogP contribution is 2.35. The summed E-state index contributed by atoms with van der Waals surface area (Å²) in [6.07, 6.45) is 4.09. The lowest BCUT2D eigenvalue weighted by atomic mass is 10.1. The van der Waals surface area contributed by atoms with Gasteiger partial charge in [-0.25, -0.2) is 4.98 Å². The summed E-state index contributed by atoms with van der Waals surface area (Å²) in [5, 5.41) is 2.45. The highest BCUT2D eigenvalue weighted by molar-refractivity contribution is 6.00. The van der Waals surface area contributed by atoms with Crippen molar-refractivity contribution in [2.75, 3.05) is 31.2 Å². The van der Waals surface area contributed by atoms with Crippen LogP contribution in [-0.4, -0.2) is 40.8 Å². The van der Waals surface area contributed by atoms with Crippen molar-refractivity contribution >= 4 is 27.6 Å². The van der Waals surface area contributed by atoms with Gasteiger partial charge in [0, 0.05) is 65.8 Å². The topological polar surface area (TPSA) is 46.1 Å². The average molecular weight is 346 g/mol. The molecule has 0 bridgehead atoms. The SMILES string of the molecule is Cc1ccc2c(c1)c(-c1cc3c(N4CCOCC4)ccnc3[nH]1)cn2C. The summed E-state index contributed by atoms with van der Waals surface area (Å²) in [6, 6.07) is 11.0. The van der Waals surface area contributed by atoms with E-state index in [4.69, 9.17) is 4.74 Å². The van der Waals surface area contributed by atoms with Gasteiger partial charge in [0.05, 0.1) is 13.2 Å². The van der Waals surface area contributed by atoms with Crippen LogP contribution in [0.2, 0.25) is 0 Å². The summed E-state index contributed by atoms with van der Waals surface area (Å²) in [7, 11) is 2.10. The van der Waals surface area contributed by atoms with Crippen LogP contribution >= 0.6 is 0 Å². The Kier molecular flexibility index (Phi) is 3.50. The first kappa shape index (κ1) is 15.5. The Bertz CT molecular complexity index is 1100. The number of hydrogen-bond donors (Lipinski definition) is 1. The maximum absolute atomic E-state index is 5.50. The second-order valence-corrected chi connectivity index (χ2v) is 7.05. The molecule has 1 aromatic carbocycles. The van der Waals surface area contributed by atoms with Crippen LogP contribution in [0.25, 0.3) is 33.2 Å². The summed E-state index contributed by atoms with van der Waals surface area (Å²) in [4.78, 5) is 10.5. The molecule has 1 N–H and O–H groups in total. The maximum atomic E-state index is 5.50. The summed E-state index contributed by atoms with van der Waals surface area (Å²) in [6.45, 7) is 5.55. The number of aryl methyl sites for hydroxylation is 2. The molecule has 4 aromatic rings. The first-order valence-electron chi connectivity index (χ1n) is 9.07. The molecule has 0 radical (unpaired) electrons. The molecule has 5 nitrogen and oxygen atoms in total. The van der Waals surface area contributed by atoms with E-state index >= 15 is 0 Å². The summed E-state index contributed by atoms with van der Waals surface area (Å²) in [5.41, 5.74) is 7.02. The normalized spacial score (nSPS) is 15.2. The Morgan fingerprint density at radius 2 is 1.92 bits per heavy atom. The van der Waals surface area contributed by atoms with E-state index in [1.165, 1.54) is 33.1 Å². The fraction of sp³-hybridized carbons (Fsp3) is 0.286. The zero-order chi connectivity index (χ0) is 17.7. The van der Waals surface area contributed by atoms with Crippen LogP contribution in [-0.2, 0) is 11.8 Å². The second kappa shape index (κ2) is 5.88. The number of fused-ring (bicyclic) bond motifs is 2. The van der Waals surface area contributed by atoms with E-state index in [1.807, 2.05) is 6.20 Å². The van der Waals surface area contributed by atoms with Crippen LogP contribution in [0.5, 0.6) is 0 Å². The van der Waals surface area contributed by atoms with Gasteiger partial charge in [0.1, 0.15) is 5.65 Å². The van der Waals surface area contributed by atoms with Crippen molar-refractivity contribution in [2.24, 2.45) is 7.05 Å². The summed E-state index contributed by atoms with van der Waals surface area (Å²) < 4.78 is 7.69. The lowest BCUT2D eigenvalue weighted by molar-refractivity contribution is 0.123. The zero-order valence-corrected chi connectivity index (χ0v) is 15.1. The molecular weight excluding hydrogens is 324 g/mol. The predicted octanol–water partition coefficient (Wildman–Crippen LogP) is 3.87. The van der Waals surface area contributed by atoms with E-state index in [9.17, 15) is 0 Å². The highest BCUT2D eigenvalue weighted by Gasteiger charge is 2.17. The van der Waals surface area contributed by atoms with Crippen LogP contribution in [0.1, 0.15) is 5.56 Å². The smallest absolute Gasteiger partial charge is 0.139 e. The lowest BCUT2D eigenvalue weighted by Crippen LogP contribution is -2.36. The molecule has 1 fully saturated rings. The van der Waals surface area contributed by atoms with E-state index in [1.54, 1.807) is 0 Å². The number of pyridine rings is 1. The third kappa shape index (κ3) is 2.39. The Morgan fingerprint density at radius 1 is 1.08 bits per heavy atom. The third-order valence-corrected chi connectivity index (χ3v) is 5.30. The molecule has 4 heterocycles. The molecule has 5 rings (SSSR count). The number of hydrogen-bond acceptors (Lipinski definition) is 3. The standard InChI is InChI=1S/C21H22N4O/c1-14-3-4-19-15(11-14)17(13-24(19)2)18-12-16-20(5-6-22-21(16)23-18)25-7-9-26-10-8-25/h3-6,11-13H,7-10H2,1-2H3,(H,22,23). The van der Waals surface area contributed by atoms with Crippen molar-refractivity contribution in [3.63, 3.8) is 0 Å². The van der Waals surface area contributed by atoms with Gasteiger partial charge in [-0.15, -0.1) is 0 Å². The summed E-state index contributed by atoms with van der Waals surface area (Å²) in [5.74, 6) is 0. The highest BCUT2D eigenvalue weighted by atomic mass is 16.5. The van der Waals surface area contributed by atoms with Crippen LogP contribution in [0.15, 0.2) is 42.7 Å². The molecule has 0 atom stereocenters. The molecule has 5 heteroatoms. The number of aromatic amines is 1. The fourth-order valence-corrected chi connectivity index (χ4v) is 3.96. The number of rotatable bonds is 2. The molecule has 0 saturated carbocycles. The molecular formula is C21H22N4O. The number of nitrogens with one attached hydrogen (secondary N) is 1. The van der Waals surface area contributed by atoms with E-state index < -0.39 is 0 Å². The molecule has 26 heavy (non-hydrogen) atoms. The van der Waals surface area contributed by atoms with E-state index in [0.29, 0.717) is 0 Å². The van der Waals surface area contributed by atoms with Gasteiger partial charge in [-0.05, 0) is 31.2 Å². The number of aromatic nitrogens is 3. The first-order valence-corrected chi connectivity index (χ1v) is 9.07. The number of ether oxygens (including phenoxy) is 1. The van der Waals surface area contributed by atoms with Crippen molar-refractivity contribution < 1.29 is 4.74 Å². The van der Waals surface area contributed by atoms with Gasteiger partial charge >= 0.3 is 0 Å². The van der Waals surface area contributed by atoms with Gasteiger partial charge in [0.15, 0.2) is 0 Å². The molecule has 3 aromatic heterocycles. The van der Waals surface area contributed by atoms with Gasteiger partial charge in [-0.2, -0.15) is 0 Å². The minimum Gasteiger partial charge on any atom is -0.378 e. The maximum Gasteiger partial charge on any atom is 0.139 e. The van der Waals surface area contributed by atoms with Crippen molar-refractivity contribution in [1.29, 1.82) is 0 Å². The van der Waals surface area contributed by atoms with E-state index in [-0.39, 0.29) is 0 Å². The van der Waals surface area contributed by atoms with E-state index in [0.717, 1.165) is 37.6 Å². The van der Waals surface area contributed by atoms with Crippen LogP contribution < -0.4 is 4.90 Å².